The van der Waals surface area contributed by atoms with Crippen LogP contribution >= 0.6 is 11.6 Å². The van der Waals surface area contributed by atoms with Gasteiger partial charge in [0.25, 0.3) is 0 Å². The molecule has 0 aliphatic heterocycles. The summed E-state index contributed by atoms with van der Waals surface area (Å²) in [7, 11) is 0. The highest BCUT2D eigenvalue weighted by atomic mass is 35.5. The van der Waals surface area contributed by atoms with Gasteiger partial charge in [0.05, 0.1) is 5.69 Å². The first kappa shape index (κ1) is 26.5. The number of halogens is 1. The van der Waals surface area contributed by atoms with Crippen molar-refractivity contribution in [1.82, 2.24) is 21.3 Å². The van der Waals surface area contributed by atoms with Crippen molar-refractivity contribution >= 4 is 29.2 Å². The van der Waals surface area contributed by atoms with Crippen LogP contribution in [0.3, 0.4) is 0 Å². The van der Waals surface area contributed by atoms with Crippen molar-refractivity contribution in [3.8, 4) is 11.6 Å². The van der Waals surface area contributed by atoms with Gasteiger partial charge in [0.15, 0.2) is 5.69 Å². The molecule has 1 heterocycles. The lowest BCUT2D eigenvalue weighted by Crippen LogP contribution is -2.36. The third-order valence-corrected chi connectivity index (χ3v) is 5.19. The Morgan fingerprint density at radius 3 is 2.36 bits per heavy atom. The van der Waals surface area contributed by atoms with Gasteiger partial charge in [-0.15, -0.1) is 0 Å². The summed E-state index contributed by atoms with van der Waals surface area (Å²) in [6.07, 6.45) is 1.61. The summed E-state index contributed by atoms with van der Waals surface area (Å²) in [4.78, 5) is 27.8. The third kappa shape index (κ3) is 8.00. The fourth-order valence-electron chi connectivity index (χ4n) is 3.04. The van der Waals surface area contributed by atoms with E-state index in [2.05, 4.69) is 26.7 Å². The molecule has 3 rings (SSSR count). The van der Waals surface area contributed by atoms with Crippen molar-refractivity contribution in [3.63, 3.8) is 0 Å². The number of nitrogens with one attached hydrogen (secondary N) is 4. The molecule has 0 aliphatic rings. The summed E-state index contributed by atoms with van der Waals surface area (Å²) in [6.45, 7) is 6.25. The second-order valence-electron chi connectivity index (χ2n) is 8.80. The van der Waals surface area contributed by atoms with Crippen molar-refractivity contribution in [2.24, 2.45) is 5.41 Å². The van der Waals surface area contributed by atoms with E-state index in [1.165, 1.54) is 6.07 Å². The van der Waals surface area contributed by atoms with Crippen molar-refractivity contribution < 1.29 is 19.4 Å². The molecule has 0 fully saturated rings. The second-order valence-corrected chi connectivity index (χ2v) is 9.24. The predicted molar refractivity (Wildman–Crippen MR) is 138 cm³/mol. The van der Waals surface area contributed by atoms with Crippen LogP contribution in [0, 0.1) is 5.41 Å². The summed E-state index contributed by atoms with van der Waals surface area (Å²) in [5, 5.41) is 12.6. The zero-order chi connectivity index (χ0) is 26.1. The van der Waals surface area contributed by atoms with Crippen LogP contribution in [0.5, 0.6) is 11.6 Å². The second kappa shape index (κ2) is 12.1. The van der Waals surface area contributed by atoms with E-state index in [1.807, 2.05) is 32.9 Å². The number of pyridine rings is 1. The van der Waals surface area contributed by atoms with Crippen LogP contribution in [0.4, 0.5) is 5.69 Å². The number of carboxylic acids is 1. The predicted octanol–water partition coefficient (Wildman–Crippen LogP) is 4.89. The number of anilines is 1. The molecule has 36 heavy (non-hydrogen) atoms. The number of hydrogen-bond donors (Lipinski definition) is 5. The summed E-state index contributed by atoms with van der Waals surface area (Å²) in [6, 6.07) is 18.8. The maximum Gasteiger partial charge on any atom is 0.354 e. The number of rotatable bonds is 10. The van der Waals surface area contributed by atoms with Gasteiger partial charge >= 0.3 is 5.97 Å². The van der Waals surface area contributed by atoms with Gasteiger partial charge in [-0.3, -0.25) is 4.79 Å². The quantitative estimate of drug-likeness (QED) is 0.148. The SMILES string of the molecule is CC(C)(C)/C(=C/NNNc1ccc(Oc2cccc(C(=O)O)n2)cc1)C(=O)NCc1ccc(Cl)cc1. The number of carbonyl (C=O) groups is 2. The van der Waals surface area contributed by atoms with E-state index in [0.29, 0.717) is 22.9 Å². The molecule has 0 bridgehead atoms. The van der Waals surface area contributed by atoms with E-state index in [9.17, 15) is 9.59 Å². The standard InChI is InChI=1S/C26H28ClN5O4/c1-26(2,3)21(24(33)28-15-17-7-9-18(27)10-8-17)16-29-32-31-19-11-13-20(14-12-19)36-23-6-4-5-22(30-23)25(34)35/h4-14,16,29,31-32H,15H2,1-3H3,(H,28,33)(H,34,35)/b21-16+. The lowest BCUT2D eigenvalue weighted by Gasteiger charge is -2.23. The summed E-state index contributed by atoms with van der Waals surface area (Å²) >= 11 is 5.91. The average molecular weight is 510 g/mol. The minimum atomic E-state index is -1.12. The highest BCUT2D eigenvalue weighted by molar-refractivity contribution is 6.30. The molecule has 3 aromatic rings. The monoisotopic (exact) mass is 509 g/mol. The number of nitrogens with zero attached hydrogens (tertiary/aromatic N) is 1. The Morgan fingerprint density at radius 2 is 1.72 bits per heavy atom. The van der Waals surface area contributed by atoms with Crippen molar-refractivity contribution in [2.75, 3.05) is 5.43 Å². The zero-order valence-corrected chi connectivity index (χ0v) is 20.9. The van der Waals surface area contributed by atoms with E-state index in [1.54, 1.807) is 54.7 Å². The molecular formula is C26H28ClN5O4. The van der Waals surface area contributed by atoms with Gasteiger partial charge in [-0.2, -0.15) is 5.53 Å². The molecule has 1 amide bonds. The number of carboxylic acid groups (broad SMARTS) is 1. The topological polar surface area (TPSA) is 125 Å². The Hall–Kier alpha value is -4.08. The van der Waals surface area contributed by atoms with Gasteiger partial charge in [0.2, 0.25) is 11.8 Å². The molecule has 0 saturated heterocycles. The largest absolute Gasteiger partial charge is 0.477 e. The third-order valence-electron chi connectivity index (χ3n) is 4.93. The number of aromatic carboxylic acids is 1. The average Bonchev–Trinajstić information content (AvgIpc) is 2.84. The molecular weight excluding hydrogens is 482 g/mol. The first-order valence-corrected chi connectivity index (χ1v) is 11.5. The van der Waals surface area contributed by atoms with Gasteiger partial charge < -0.3 is 26.0 Å². The molecule has 0 unspecified atom stereocenters. The Bertz CT molecular complexity index is 1220. The number of benzene rings is 2. The van der Waals surface area contributed by atoms with Gasteiger partial charge in [0, 0.05) is 29.4 Å². The first-order chi connectivity index (χ1) is 17.1. The molecule has 10 heteroatoms. The van der Waals surface area contributed by atoms with Gasteiger partial charge in [-0.1, -0.05) is 50.6 Å². The van der Waals surface area contributed by atoms with E-state index in [4.69, 9.17) is 21.4 Å². The maximum atomic E-state index is 12.8. The maximum absolute atomic E-state index is 12.8. The highest BCUT2D eigenvalue weighted by Crippen LogP contribution is 2.25. The molecule has 0 atom stereocenters. The first-order valence-electron chi connectivity index (χ1n) is 11.1. The van der Waals surface area contributed by atoms with E-state index in [-0.39, 0.29) is 17.5 Å². The number of ether oxygens (including phenoxy) is 1. The number of amides is 1. The molecule has 5 N–H and O–H groups in total. The minimum Gasteiger partial charge on any atom is -0.477 e. The van der Waals surface area contributed by atoms with Crippen molar-refractivity contribution in [3.05, 3.63) is 94.8 Å². The van der Waals surface area contributed by atoms with Gasteiger partial charge in [-0.25, -0.2) is 9.78 Å². The Morgan fingerprint density at radius 1 is 1.03 bits per heavy atom. The normalized spacial score (nSPS) is 11.5. The summed E-state index contributed by atoms with van der Waals surface area (Å²) in [5.74, 6) is -0.629. The van der Waals surface area contributed by atoms with Crippen LogP contribution in [-0.2, 0) is 11.3 Å². The molecule has 0 radical (unpaired) electrons. The van der Waals surface area contributed by atoms with E-state index < -0.39 is 11.4 Å². The summed E-state index contributed by atoms with van der Waals surface area (Å²) in [5.41, 5.74) is 10.4. The van der Waals surface area contributed by atoms with Gasteiger partial charge in [-0.05, 0) is 53.4 Å². The Kier molecular flexibility index (Phi) is 8.88. The van der Waals surface area contributed by atoms with Crippen LogP contribution in [0.15, 0.2) is 78.5 Å². The smallest absolute Gasteiger partial charge is 0.354 e. The number of hydrogen-bond acceptors (Lipinski definition) is 7. The Balaban J connectivity index is 1.52. The molecule has 188 valence electrons. The van der Waals surface area contributed by atoms with Gasteiger partial charge in [0.1, 0.15) is 5.75 Å². The van der Waals surface area contributed by atoms with Crippen LogP contribution in [0.25, 0.3) is 0 Å². The van der Waals surface area contributed by atoms with E-state index in [0.717, 1.165) is 11.3 Å². The molecule has 2 aromatic carbocycles. The lowest BCUT2D eigenvalue weighted by atomic mass is 9.86. The van der Waals surface area contributed by atoms with E-state index >= 15 is 0 Å². The molecule has 0 saturated carbocycles. The van der Waals surface area contributed by atoms with Crippen LogP contribution in [0.2, 0.25) is 5.02 Å². The fourth-order valence-corrected chi connectivity index (χ4v) is 3.16. The number of aromatic nitrogens is 1. The van der Waals surface area contributed by atoms with Crippen LogP contribution in [0.1, 0.15) is 36.8 Å². The van der Waals surface area contributed by atoms with Crippen molar-refractivity contribution in [1.29, 1.82) is 0 Å². The molecule has 0 aliphatic carbocycles. The minimum absolute atomic E-state index is 0.0950. The Labute approximate surface area is 214 Å². The van der Waals surface area contributed by atoms with Crippen LogP contribution in [-0.4, -0.2) is 22.0 Å². The number of hydrazine groups is 2. The molecule has 0 spiro atoms. The molecule has 9 nitrogen and oxygen atoms in total. The molecule has 1 aromatic heterocycles. The summed E-state index contributed by atoms with van der Waals surface area (Å²) < 4.78 is 5.61. The van der Waals surface area contributed by atoms with Crippen LogP contribution < -0.4 is 26.4 Å². The number of carbonyl (C=O) groups excluding carboxylic acids is 1. The lowest BCUT2D eigenvalue weighted by molar-refractivity contribution is -0.118. The zero-order valence-electron chi connectivity index (χ0n) is 20.1. The highest BCUT2D eigenvalue weighted by Gasteiger charge is 2.23. The fraction of sp³-hybridized carbons (Fsp3) is 0.192. The van der Waals surface area contributed by atoms with Crippen molar-refractivity contribution in [2.45, 2.75) is 27.3 Å².